The van der Waals surface area contributed by atoms with E-state index in [4.69, 9.17) is 4.74 Å². The second-order valence-corrected chi connectivity index (χ2v) is 7.45. The molecule has 1 aliphatic rings. The highest BCUT2D eigenvalue weighted by Crippen LogP contribution is 2.43. The summed E-state index contributed by atoms with van der Waals surface area (Å²) in [7, 11) is 0. The first-order valence-corrected chi connectivity index (χ1v) is 8.86. The fourth-order valence-corrected chi connectivity index (χ4v) is 3.25. The molecule has 0 aromatic heterocycles. The Balaban J connectivity index is 2.42. The molecule has 1 aromatic carbocycles. The highest BCUT2D eigenvalue weighted by molar-refractivity contribution is 9.10. The van der Waals surface area contributed by atoms with Crippen LogP contribution in [0.1, 0.15) is 27.2 Å². The SMILES string of the molecule is CCOC(=O)C1C(O)=C(/N=N/c2ccc([N+](=O)[O-])cc2Br)C(=O)CC1(C)C. The van der Waals surface area contributed by atoms with E-state index in [1.807, 2.05) is 0 Å². The van der Waals surface area contributed by atoms with Crippen LogP contribution in [0.3, 0.4) is 0 Å². The number of hydrogen-bond donors (Lipinski definition) is 1. The van der Waals surface area contributed by atoms with Crippen molar-refractivity contribution in [1.82, 2.24) is 0 Å². The first-order valence-electron chi connectivity index (χ1n) is 8.07. The second kappa shape index (κ2) is 7.95. The van der Waals surface area contributed by atoms with E-state index in [1.165, 1.54) is 18.2 Å². The molecule has 1 N–H and O–H groups in total. The van der Waals surface area contributed by atoms with Crippen LogP contribution >= 0.6 is 15.9 Å². The van der Waals surface area contributed by atoms with Crippen molar-refractivity contribution in [1.29, 1.82) is 0 Å². The summed E-state index contributed by atoms with van der Waals surface area (Å²) in [4.78, 5) is 34.8. The summed E-state index contributed by atoms with van der Waals surface area (Å²) in [5.41, 5.74) is -1.06. The van der Waals surface area contributed by atoms with Gasteiger partial charge in [-0.2, -0.15) is 0 Å². The smallest absolute Gasteiger partial charge is 0.317 e. The maximum Gasteiger partial charge on any atom is 0.317 e. The molecule has 144 valence electrons. The van der Waals surface area contributed by atoms with Crippen LogP contribution in [0.15, 0.2) is 44.4 Å². The van der Waals surface area contributed by atoms with Gasteiger partial charge in [0.05, 0.1) is 16.0 Å². The lowest BCUT2D eigenvalue weighted by molar-refractivity contribution is -0.384. The number of nitrogens with zero attached hydrogens (tertiary/aromatic N) is 3. The number of azo groups is 1. The van der Waals surface area contributed by atoms with Gasteiger partial charge in [0.15, 0.2) is 11.5 Å². The number of non-ortho nitro benzene ring substituents is 1. The minimum Gasteiger partial charge on any atom is -0.509 e. The molecule has 1 atom stereocenters. The Morgan fingerprint density at radius 3 is 2.67 bits per heavy atom. The van der Waals surface area contributed by atoms with Gasteiger partial charge in [0, 0.05) is 18.6 Å². The standard InChI is InChI=1S/C17H18BrN3O6/c1-4-27-16(24)13-15(23)14(12(22)8-17(13,2)3)20-19-11-6-5-9(21(25)26)7-10(11)18/h5-7,13,23H,4,8H2,1-3H3/b20-19+. The van der Waals surface area contributed by atoms with Crippen LogP contribution in [-0.4, -0.2) is 28.4 Å². The molecule has 27 heavy (non-hydrogen) atoms. The van der Waals surface area contributed by atoms with Crippen LogP contribution in [0.5, 0.6) is 0 Å². The van der Waals surface area contributed by atoms with Gasteiger partial charge in [-0.1, -0.05) is 13.8 Å². The molecule has 0 fully saturated rings. The third-order valence-corrected chi connectivity index (χ3v) is 4.74. The number of aliphatic hydroxyl groups is 1. The lowest BCUT2D eigenvalue weighted by Crippen LogP contribution is -2.40. The predicted octanol–water partition coefficient (Wildman–Crippen LogP) is 4.39. The highest BCUT2D eigenvalue weighted by atomic mass is 79.9. The third kappa shape index (κ3) is 4.38. The van der Waals surface area contributed by atoms with Crippen molar-refractivity contribution in [2.75, 3.05) is 6.61 Å². The Kier molecular flexibility index (Phi) is 6.09. The number of allylic oxidation sites excluding steroid dienone is 1. The monoisotopic (exact) mass is 439 g/mol. The molecule has 0 heterocycles. The van der Waals surface area contributed by atoms with Crippen LogP contribution in [-0.2, 0) is 14.3 Å². The summed E-state index contributed by atoms with van der Waals surface area (Å²) in [6.45, 7) is 5.15. The quantitative estimate of drug-likeness (QED) is 0.313. The van der Waals surface area contributed by atoms with E-state index in [-0.39, 0.29) is 30.1 Å². The number of carbonyl (C=O) groups excluding carboxylic acids is 2. The summed E-state index contributed by atoms with van der Waals surface area (Å²) >= 11 is 3.15. The molecule has 0 aliphatic heterocycles. The molecule has 0 radical (unpaired) electrons. The second-order valence-electron chi connectivity index (χ2n) is 6.60. The molecule has 0 saturated heterocycles. The summed E-state index contributed by atoms with van der Waals surface area (Å²) in [6.07, 6.45) is -0.0175. The van der Waals surface area contributed by atoms with E-state index in [0.29, 0.717) is 4.47 Å². The molecule has 10 heteroatoms. The lowest BCUT2D eigenvalue weighted by Gasteiger charge is -2.35. The van der Waals surface area contributed by atoms with E-state index < -0.39 is 33.8 Å². The zero-order chi connectivity index (χ0) is 20.4. The third-order valence-electron chi connectivity index (χ3n) is 4.10. The van der Waals surface area contributed by atoms with Crippen molar-refractivity contribution in [2.24, 2.45) is 21.6 Å². The molecular weight excluding hydrogens is 422 g/mol. The maximum atomic E-state index is 12.4. The molecule has 1 unspecified atom stereocenters. The normalized spacial score (nSPS) is 19.4. The molecule has 1 aliphatic carbocycles. The van der Waals surface area contributed by atoms with Crippen molar-refractivity contribution < 1.29 is 24.4 Å². The summed E-state index contributed by atoms with van der Waals surface area (Å²) in [5.74, 6) is -2.63. The number of benzene rings is 1. The Morgan fingerprint density at radius 2 is 2.11 bits per heavy atom. The van der Waals surface area contributed by atoms with Crippen LogP contribution in [0, 0.1) is 21.4 Å². The number of nitro benzene ring substituents is 1. The zero-order valence-electron chi connectivity index (χ0n) is 14.9. The number of Topliss-reactive ketones (excluding diaryl/α,β-unsaturated/α-hetero) is 1. The van der Waals surface area contributed by atoms with E-state index in [2.05, 4.69) is 26.2 Å². The maximum absolute atomic E-state index is 12.4. The minimum atomic E-state index is -1.04. The van der Waals surface area contributed by atoms with Gasteiger partial charge >= 0.3 is 5.97 Å². The fourth-order valence-electron chi connectivity index (χ4n) is 2.81. The number of carbonyl (C=O) groups is 2. The van der Waals surface area contributed by atoms with E-state index in [0.717, 1.165) is 0 Å². The molecule has 0 amide bonds. The number of esters is 1. The van der Waals surface area contributed by atoms with Crippen molar-refractivity contribution >= 4 is 39.1 Å². The topological polar surface area (TPSA) is 131 Å². The van der Waals surface area contributed by atoms with E-state index in [9.17, 15) is 24.8 Å². The molecule has 2 rings (SSSR count). The van der Waals surface area contributed by atoms with Gasteiger partial charge in [-0.3, -0.25) is 19.7 Å². The average molecular weight is 440 g/mol. The molecule has 0 spiro atoms. The Hall–Kier alpha value is -2.62. The number of aliphatic hydroxyl groups excluding tert-OH is 1. The predicted molar refractivity (Wildman–Crippen MR) is 98.5 cm³/mol. The first-order chi connectivity index (χ1) is 12.6. The Morgan fingerprint density at radius 1 is 1.44 bits per heavy atom. The van der Waals surface area contributed by atoms with E-state index in [1.54, 1.807) is 20.8 Å². The molecule has 1 aromatic rings. The average Bonchev–Trinajstić information content (AvgIpc) is 2.54. The van der Waals surface area contributed by atoms with Crippen molar-refractivity contribution in [2.45, 2.75) is 27.2 Å². The number of halogens is 1. The van der Waals surface area contributed by atoms with Crippen LogP contribution < -0.4 is 0 Å². The Labute approximate surface area is 163 Å². The zero-order valence-corrected chi connectivity index (χ0v) is 16.5. The lowest BCUT2D eigenvalue weighted by atomic mass is 9.70. The number of rotatable bonds is 5. The van der Waals surface area contributed by atoms with Crippen molar-refractivity contribution in [3.8, 4) is 0 Å². The van der Waals surface area contributed by atoms with Gasteiger partial charge in [0.2, 0.25) is 0 Å². The number of ether oxygens (including phenoxy) is 1. The summed E-state index contributed by atoms with van der Waals surface area (Å²) in [6, 6.07) is 3.83. The van der Waals surface area contributed by atoms with Gasteiger partial charge in [0.1, 0.15) is 17.4 Å². The highest BCUT2D eigenvalue weighted by Gasteiger charge is 2.47. The molecule has 0 bridgehead atoms. The van der Waals surface area contributed by atoms with Crippen LogP contribution in [0.4, 0.5) is 11.4 Å². The number of hydrogen-bond acceptors (Lipinski definition) is 8. The Bertz CT molecular complexity index is 862. The van der Waals surface area contributed by atoms with Crippen molar-refractivity contribution in [3.63, 3.8) is 0 Å². The van der Waals surface area contributed by atoms with Crippen LogP contribution in [0.2, 0.25) is 0 Å². The van der Waals surface area contributed by atoms with E-state index >= 15 is 0 Å². The van der Waals surface area contributed by atoms with Gasteiger partial charge in [-0.25, -0.2) is 0 Å². The fraction of sp³-hybridized carbons (Fsp3) is 0.412. The molecule has 9 nitrogen and oxygen atoms in total. The van der Waals surface area contributed by atoms with Crippen LogP contribution in [0.25, 0.3) is 0 Å². The van der Waals surface area contributed by atoms with Gasteiger partial charge < -0.3 is 9.84 Å². The number of nitro groups is 1. The van der Waals surface area contributed by atoms with Gasteiger partial charge in [0.25, 0.3) is 5.69 Å². The molecule has 0 saturated carbocycles. The minimum absolute atomic E-state index is 0.0175. The first kappa shape index (κ1) is 20.7. The summed E-state index contributed by atoms with van der Waals surface area (Å²) < 4.78 is 5.30. The number of ketones is 1. The van der Waals surface area contributed by atoms with Gasteiger partial charge in [-0.15, -0.1) is 10.2 Å². The summed E-state index contributed by atoms with van der Waals surface area (Å²) in [5, 5.41) is 29.0. The largest absolute Gasteiger partial charge is 0.509 e. The van der Waals surface area contributed by atoms with Gasteiger partial charge in [-0.05, 0) is 34.3 Å². The van der Waals surface area contributed by atoms with Crippen molar-refractivity contribution in [3.05, 3.63) is 44.2 Å². The molecular formula is C17H18BrN3O6.